The van der Waals surface area contributed by atoms with E-state index in [2.05, 4.69) is 0 Å². The van der Waals surface area contributed by atoms with Crippen LogP contribution >= 0.6 is 0 Å². The average Bonchev–Trinajstić information content (AvgIpc) is 2.32. The molecule has 0 radical (unpaired) electrons. The van der Waals surface area contributed by atoms with Gasteiger partial charge in [0.05, 0.1) is 12.6 Å². The van der Waals surface area contributed by atoms with Crippen molar-refractivity contribution in [1.82, 2.24) is 0 Å². The van der Waals surface area contributed by atoms with Crippen molar-refractivity contribution in [3.63, 3.8) is 0 Å². The van der Waals surface area contributed by atoms with Crippen LogP contribution in [0.1, 0.15) is 0 Å². The fraction of sp³-hybridized carbons (Fsp3) is 1.00. The third-order valence-corrected chi connectivity index (χ3v) is 1.93. The second kappa shape index (κ2) is 3.65. The fourth-order valence-electron chi connectivity index (χ4n) is 1.17. The smallest absolute Gasteiger partial charge is 0.182 e. The van der Waals surface area contributed by atoms with Gasteiger partial charge in [-0.1, -0.05) is 0 Å². The molecule has 0 spiro atoms. The summed E-state index contributed by atoms with van der Waals surface area (Å²) < 4.78 is 4.71. The van der Waals surface area contributed by atoms with Gasteiger partial charge < -0.3 is 30.9 Å². The van der Waals surface area contributed by atoms with Crippen LogP contribution in [0, 0.1) is 0 Å². The van der Waals surface area contributed by atoms with Crippen molar-refractivity contribution in [2.75, 3.05) is 6.61 Å². The van der Waals surface area contributed by atoms with E-state index in [0.29, 0.717) is 0 Å². The number of aliphatic hydroxyl groups is 4. The summed E-state index contributed by atoms with van der Waals surface area (Å²) in [5, 5.41) is 35.6. The summed E-state index contributed by atoms with van der Waals surface area (Å²) in [6, 6.07) is -0.873. The van der Waals surface area contributed by atoms with Crippen LogP contribution in [0.25, 0.3) is 0 Å². The van der Waals surface area contributed by atoms with E-state index in [1.807, 2.05) is 0 Å². The standard InChI is InChI=1S/C6H13NO5/c7-3-4(10)6(11)12-5(3)2(9)1-8/h2-6,8-11H,1,7H2/t2-,3-,4-,5-,6+/m1/s1. The maximum Gasteiger partial charge on any atom is 0.182 e. The zero-order valence-electron chi connectivity index (χ0n) is 6.37. The number of hydrogen-bond acceptors (Lipinski definition) is 6. The molecule has 1 saturated heterocycles. The molecule has 6 N–H and O–H groups in total. The zero-order valence-corrected chi connectivity index (χ0v) is 6.37. The van der Waals surface area contributed by atoms with Gasteiger partial charge in [0.1, 0.15) is 18.3 Å². The van der Waals surface area contributed by atoms with E-state index < -0.39 is 37.3 Å². The Bertz CT molecular complexity index is 155. The first kappa shape index (κ1) is 9.85. The minimum Gasteiger partial charge on any atom is -0.394 e. The Morgan fingerprint density at radius 3 is 2.33 bits per heavy atom. The van der Waals surface area contributed by atoms with Crippen molar-refractivity contribution in [1.29, 1.82) is 0 Å². The van der Waals surface area contributed by atoms with Crippen LogP contribution in [0.3, 0.4) is 0 Å². The van der Waals surface area contributed by atoms with Crippen molar-refractivity contribution in [3.8, 4) is 0 Å². The first-order valence-electron chi connectivity index (χ1n) is 3.64. The van der Waals surface area contributed by atoms with Crippen LogP contribution in [0.15, 0.2) is 0 Å². The molecule has 0 bridgehead atoms. The lowest BCUT2D eigenvalue weighted by Gasteiger charge is -2.19. The Hall–Kier alpha value is -0.240. The van der Waals surface area contributed by atoms with Gasteiger partial charge in [-0.15, -0.1) is 0 Å². The van der Waals surface area contributed by atoms with Crippen LogP contribution in [-0.2, 0) is 4.74 Å². The molecule has 1 aliphatic heterocycles. The third-order valence-electron chi connectivity index (χ3n) is 1.93. The predicted molar refractivity (Wildman–Crippen MR) is 38.0 cm³/mol. The molecule has 0 aliphatic carbocycles. The summed E-state index contributed by atoms with van der Waals surface area (Å²) in [4.78, 5) is 0. The van der Waals surface area contributed by atoms with Gasteiger partial charge in [-0.3, -0.25) is 0 Å². The Kier molecular flexibility index (Phi) is 2.99. The molecule has 0 unspecified atom stereocenters. The van der Waals surface area contributed by atoms with Crippen LogP contribution in [0.5, 0.6) is 0 Å². The lowest BCUT2D eigenvalue weighted by Crippen LogP contribution is -2.46. The molecule has 1 aliphatic rings. The molecule has 0 aromatic heterocycles. The normalized spacial score (nSPS) is 44.8. The van der Waals surface area contributed by atoms with E-state index in [4.69, 9.17) is 30.9 Å². The molecule has 6 nitrogen and oxygen atoms in total. The van der Waals surface area contributed by atoms with Crippen molar-refractivity contribution >= 4 is 0 Å². The minimum atomic E-state index is -1.38. The maximum absolute atomic E-state index is 9.09. The first-order valence-corrected chi connectivity index (χ1v) is 3.64. The molecule has 1 fully saturated rings. The van der Waals surface area contributed by atoms with E-state index in [1.54, 1.807) is 0 Å². The largest absolute Gasteiger partial charge is 0.394 e. The third kappa shape index (κ3) is 1.58. The lowest BCUT2D eigenvalue weighted by molar-refractivity contribution is -0.149. The quantitative estimate of drug-likeness (QED) is 0.304. The molecule has 0 aromatic carbocycles. The molecule has 1 heterocycles. The van der Waals surface area contributed by atoms with Gasteiger partial charge in [0, 0.05) is 0 Å². The van der Waals surface area contributed by atoms with Gasteiger partial charge in [0.15, 0.2) is 6.29 Å². The average molecular weight is 179 g/mol. The highest BCUT2D eigenvalue weighted by molar-refractivity contribution is 4.92. The second-order valence-corrected chi connectivity index (χ2v) is 2.81. The number of nitrogens with two attached hydrogens (primary N) is 1. The molecule has 1 rings (SSSR count). The molecule has 72 valence electrons. The number of hydrogen-bond donors (Lipinski definition) is 5. The molecule has 0 aromatic rings. The van der Waals surface area contributed by atoms with Gasteiger partial charge in [-0.05, 0) is 0 Å². The highest BCUT2D eigenvalue weighted by Gasteiger charge is 2.43. The monoisotopic (exact) mass is 179 g/mol. The van der Waals surface area contributed by atoms with Crippen LogP contribution in [0.2, 0.25) is 0 Å². The predicted octanol–water partition coefficient (Wildman–Crippen LogP) is -3.26. The van der Waals surface area contributed by atoms with E-state index in [1.165, 1.54) is 0 Å². The summed E-state index contributed by atoms with van der Waals surface area (Å²) in [5.74, 6) is 0. The summed E-state index contributed by atoms with van der Waals surface area (Å²) in [6.45, 7) is -0.516. The SMILES string of the molecule is N[C@@H]1[C@@H](O)[C@@H](O)O[C@@H]1[C@H](O)CO. The molecule has 6 heteroatoms. The first-order chi connectivity index (χ1) is 5.57. The number of rotatable bonds is 2. The van der Waals surface area contributed by atoms with Gasteiger partial charge in [0.25, 0.3) is 0 Å². The zero-order chi connectivity index (χ0) is 9.30. The Morgan fingerprint density at radius 1 is 1.42 bits per heavy atom. The van der Waals surface area contributed by atoms with E-state index in [9.17, 15) is 0 Å². The van der Waals surface area contributed by atoms with Crippen LogP contribution < -0.4 is 5.73 Å². The molecule has 12 heavy (non-hydrogen) atoms. The molecule has 5 atom stereocenters. The van der Waals surface area contributed by atoms with Crippen molar-refractivity contribution < 1.29 is 25.2 Å². The fourth-order valence-corrected chi connectivity index (χ4v) is 1.17. The molecule has 0 amide bonds. The Labute approximate surface area is 69.2 Å². The van der Waals surface area contributed by atoms with Crippen LogP contribution in [-0.4, -0.2) is 57.7 Å². The van der Waals surface area contributed by atoms with Gasteiger partial charge in [-0.25, -0.2) is 0 Å². The highest BCUT2D eigenvalue weighted by atomic mass is 16.6. The molecule has 0 saturated carbocycles. The maximum atomic E-state index is 9.09. The number of ether oxygens (including phenoxy) is 1. The van der Waals surface area contributed by atoms with Gasteiger partial charge >= 0.3 is 0 Å². The van der Waals surface area contributed by atoms with E-state index in [0.717, 1.165) is 0 Å². The summed E-state index contributed by atoms with van der Waals surface area (Å²) >= 11 is 0. The van der Waals surface area contributed by atoms with Gasteiger partial charge in [-0.2, -0.15) is 0 Å². The summed E-state index contributed by atoms with van der Waals surface area (Å²) in [7, 11) is 0. The highest BCUT2D eigenvalue weighted by Crippen LogP contribution is 2.20. The molecular formula is C6H13NO5. The lowest BCUT2D eigenvalue weighted by atomic mass is 10.0. The minimum absolute atomic E-state index is 0.516. The Balaban J connectivity index is 2.58. The van der Waals surface area contributed by atoms with Crippen molar-refractivity contribution in [2.45, 2.75) is 30.6 Å². The van der Waals surface area contributed by atoms with Crippen molar-refractivity contribution in [2.24, 2.45) is 5.73 Å². The van der Waals surface area contributed by atoms with E-state index in [-0.39, 0.29) is 0 Å². The van der Waals surface area contributed by atoms with Crippen molar-refractivity contribution in [3.05, 3.63) is 0 Å². The number of aliphatic hydroxyl groups excluding tert-OH is 4. The molecular weight excluding hydrogens is 166 g/mol. The van der Waals surface area contributed by atoms with E-state index >= 15 is 0 Å². The topological polar surface area (TPSA) is 116 Å². The Morgan fingerprint density at radius 2 is 2.00 bits per heavy atom. The van der Waals surface area contributed by atoms with Gasteiger partial charge in [0.2, 0.25) is 0 Å². The second-order valence-electron chi connectivity index (χ2n) is 2.81. The summed E-state index contributed by atoms with van der Waals surface area (Å²) in [6.07, 6.45) is -4.69. The summed E-state index contributed by atoms with van der Waals surface area (Å²) in [5.41, 5.74) is 5.38. The van der Waals surface area contributed by atoms with Crippen LogP contribution in [0.4, 0.5) is 0 Å².